The summed E-state index contributed by atoms with van der Waals surface area (Å²) in [6.07, 6.45) is 13.5. The number of aliphatic hydroxyl groups is 1. The van der Waals surface area contributed by atoms with Crippen molar-refractivity contribution in [3.05, 3.63) is 11.1 Å². The van der Waals surface area contributed by atoms with E-state index in [1.165, 1.54) is 38.5 Å². The quantitative estimate of drug-likeness (QED) is 0.414. The number of nitrogens with one attached hydrogen (secondary N) is 2. The second-order valence-electron chi connectivity index (χ2n) is 12.2. The van der Waals surface area contributed by atoms with Gasteiger partial charge in [-0.2, -0.15) is 0 Å². The van der Waals surface area contributed by atoms with Crippen LogP contribution in [0.5, 0.6) is 0 Å². The smallest absolute Gasteiger partial charge is 0.185 e. The van der Waals surface area contributed by atoms with E-state index in [4.69, 9.17) is 5.41 Å². The van der Waals surface area contributed by atoms with Crippen molar-refractivity contribution in [3.63, 3.8) is 0 Å². The number of fused-ring (bicyclic) bond motifs is 7. The van der Waals surface area contributed by atoms with Crippen LogP contribution < -0.4 is 5.32 Å². The van der Waals surface area contributed by atoms with Crippen molar-refractivity contribution in [1.82, 2.24) is 5.32 Å². The fraction of sp³-hybridized carbons (Fsp3) is 0.846. The van der Waals surface area contributed by atoms with E-state index in [9.17, 15) is 14.5 Å². The van der Waals surface area contributed by atoms with Crippen LogP contribution in [-0.2, 0) is 16.0 Å². The van der Waals surface area contributed by atoms with Gasteiger partial charge in [-0.25, -0.2) is 0 Å². The number of hydrogen-bond donors (Lipinski definition) is 3. The molecule has 5 aliphatic rings. The lowest BCUT2D eigenvalue weighted by Crippen LogP contribution is -2.52. The maximum Gasteiger partial charge on any atom is 0.185 e. The maximum atomic E-state index is 13.4. The molecule has 0 aliphatic heterocycles. The van der Waals surface area contributed by atoms with E-state index in [0.29, 0.717) is 28.4 Å². The highest BCUT2D eigenvalue weighted by molar-refractivity contribution is 7.95. The minimum absolute atomic E-state index is 0.127. The second kappa shape index (κ2) is 8.13. The molecule has 0 spiro atoms. The molecule has 0 aromatic rings. The number of hydrogen-bond acceptors (Lipinski definition) is 5. The van der Waals surface area contributed by atoms with E-state index in [0.717, 1.165) is 42.7 Å². The van der Waals surface area contributed by atoms with E-state index in [1.54, 1.807) is 12.5 Å². The second-order valence-corrected chi connectivity index (χ2v) is 13.6. The van der Waals surface area contributed by atoms with Crippen LogP contribution in [0.15, 0.2) is 11.1 Å². The van der Waals surface area contributed by atoms with Gasteiger partial charge in [0.05, 0.1) is 24.6 Å². The first-order valence-electron chi connectivity index (χ1n) is 12.7. The minimum Gasteiger partial charge on any atom is -0.612 e. The monoisotopic (exact) mass is 460 g/mol. The molecule has 0 saturated heterocycles. The average molecular weight is 461 g/mol. The fourth-order valence-corrected chi connectivity index (χ4v) is 9.64. The van der Waals surface area contributed by atoms with Gasteiger partial charge in [-0.15, -0.1) is 0 Å². The average Bonchev–Trinajstić information content (AvgIpc) is 3.43. The summed E-state index contributed by atoms with van der Waals surface area (Å²) in [5.74, 6) is 5.51. The molecular weight excluding hydrogens is 420 g/mol. The lowest BCUT2D eigenvalue weighted by Gasteiger charge is -2.57. The summed E-state index contributed by atoms with van der Waals surface area (Å²) in [7, 11) is 0. The number of ketones is 1. The van der Waals surface area contributed by atoms with E-state index >= 15 is 0 Å². The first-order chi connectivity index (χ1) is 15.2. The maximum absolute atomic E-state index is 13.4. The van der Waals surface area contributed by atoms with E-state index in [2.05, 4.69) is 12.2 Å². The first kappa shape index (κ1) is 22.9. The third-order valence-electron chi connectivity index (χ3n) is 10.4. The van der Waals surface area contributed by atoms with Crippen LogP contribution in [0.2, 0.25) is 0 Å². The Hall–Kier alpha value is -0.850. The van der Waals surface area contributed by atoms with Crippen molar-refractivity contribution in [2.75, 3.05) is 12.8 Å². The van der Waals surface area contributed by atoms with Gasteiger partial charge >= 0.3 is 0 Å². The third-order valence-corrected chi connectivity index (χ3v) is 11.3. The van der Waals surface area contributed by atoms with Crippen LogP contribution in [-0.4, -0.2) is 40.1 Å². The van der Waals surface area contributed by atoms with Gasteiger partial charge in [0.15, 0.2) is 10.7 Å². The van der Waals surface area contributed by atoms with Gasteiger partial charge in [0.1, 0.15) is 6.26 Å². The van der Waals surface area contributed by atoms with Gasteiger partial charge in [0.25, 0.3) is 0 Å². The first-order valence-corrected chi connectivity index (χ1v) is 14.2. The predicted molar refractivity (Wildman–Crippen MR) is 128 cm³/mol. The van der Waals surface area contributed by atoms with Crippen LogP contribution in [0.3, 0.4) is 0 Å². The Labute approximate surface area is 195 Å². The molecule has 0 heterocycles. The summed E-state index contributed by atoms with van der Waals surface area (Å²) in [6.45, 7) is 4.72. The number of rotatable bonds is 6. The molecule has 0 aromatic heterocycles. The van der Waals surface area contributed by atoms with Gasteiger partial charge in [-0.3, -0.25) is 4.79 Å². The normalized spacial score (nSPS) is 50.3. The molecule has 5 nitrogen and oxygen atoms in total. The van der Waals surface area contributed by atoms with E-state index in [-0.39, 0.29) is 17.9 Å². The molecule has 32 heavy (non-hydrogen) atoms. The lowest BCUT2D eigenvalue weighted by atomic mass is 9.48. The van der Waals surface area contributed by atoms with E-state index < -0.39 is 16.8 Å². The topological polar surface area (TPSA) is 96.2 Å². The number of carbonyl (C=O) groups is 1. The molecule has 0 amide bonds. The number of carbonyl (C=O) groups excluding carboxylic acids is 1. The Morgan fingerprint density at radius 2 is 1.88 bits per heavy atom. The molecule has 1 unspecified atom stereocenters. The molecule has 5 fully saturated rings. The highest BCUT2D eigenvalue weighted by atomic mass is 32.2. The summed E-state index contributed by atoms with van der Waals surface area (Å²) >= 11 is -1.22. The van der Waals surface area contributed by atoms with Crippen molar-refractivity contribution >= 4 is 23.2 Å². The lowest BCUT2D eigenvalue weighted by molar-refractivity contribution is -0.135. The minimum atomic E-state index is -1.22. The molecule has 6 heteroatoms. The van der Waals surface area contributed by atoms with Crippen molar-refractivity contribution in [2.24, 2.45) is 52.8 Å². The zero-order valence-corrected chi connectivity index (χ0v) is 20.6. The number of Topliss-reactive ketones (excluding diaryl/α,β-unsaturated/α-hetero) is 1. The zero-order valence-electron chi connectivity index (χ0n) is 19.8. The highest BCUT2D eigenvalue weighted by Crippen LogP contribution is 2.74. The summed E-state index contributed by atoms with van der Waals surface area (Å²) in [6, 6.07) is 0. The summed E-state index contributed by atoms with van der Waals surface area (Å²) < 4.78 is 11.6. The van der Waals surface area contributed by atoms with Gasteiger partial charge in [-0.1, -0.05) is 6.92 Å². The Bertz CT molecular complexity index is 811. The van der Waals surface area contributed by atoms with E-state index in [1.807, 2.05) is 6.92 Å². The van der Waals surface area contributed by atoms with Crippen LogP contribution >= 0.6 is 0 Å². The van der Waals surface area contributed by atoms with Crippen molar-refractivity contribution in [1.29, 1.82) is 5.41 Å². The largest absolute Gasteiger partial charge is 0.612 e. The molecule has 3 N–H and O–H groups in total. The Balaban J connectivity index is 1.29. The predicted octanol–water partition coefficient (Wildman–Crippen LogP) is 3.89. The van der Waals surface area contributed by atoms with Crippen molar-refractivity contribution in [2.45, 2.75) is 70.8 Å². The van der Waals surface area contributed by atoms with Crippen LogP contribution in [0.1, 0.15) is 65.2 Å². The Morgan fingerprint density at radius 3 is 2.59 bits per heavy atom. The summed E-state index contributed by atoms with van der Waals surface area (Å²) in [5, 5.41) is 21.1. The molecule has 11 atom stereocenters. The van der Waals surface area contributed by atoms with Gasteiger partial charge < -0.3 is 20.4 Å². The number of allylic oxidation sites excluding steroid dienone is 1. The third kappa shape index (κ3) is 3.69. The van der Waals surface area contributed by atoms with Crippen LogP contribution in [0.4, 0.5) is 0 Å². The van der Waals surface area contributed by atoms with Crippen LogP contribution in [0.25, 0.3) is 0 Å². The van der Waals surface area contributed by atoms with Crippen molar-refractivity contribution < 1.29 is 14.5 Å². The molecule has 5 saturated carbocycles. The Kier molecular flexibility index (Phi) is 5.82. The molecule has 178 valence electrons. The molecule has 5 rings (SSSR count). The highest BCUT2D eigenvalue weighted by Gasteiger charge is 2.70. The molecule has 0 radical (unpaired) electrons. The summed E-state index contributed by atoms with van der Waals surface area (Å²) in [5.41, 5.74) is -0.338. The van der Waals surface area contributed by atoms with Crippen molar-refractivity contribution in [3.8, 4) is 0 Å². The fourth-order valence-electron chi connectivity index (χ4n) is 9.22. The molecule has 5 aliphatic carbocycles. The molecular formula is C26H40N2O3S. The molecule has 0 bridgehead atoms. The SMILES string of the molecule is C[S+]([O-])/C(C=N)=C/NCC(=O)[C@H]1[C@H]2C[C@H]2[C@H]2[C@@H]3CC[C@@H]4C[C@](C)(O)CC[C@@H]4[C@H]3CC[C@@]21C. The Morgan fingerprint density at radius 1 is 1.12 bits per heavy atom. The van der Waals surface area contributed by atoms with Gasteiger partial charge in [0, 0.05) is 5.92 Å². The van der Waals surface area contributed by atoms with Gasteiger partial charge in [-0.05, 0) is 116 Å². The summed E-state index contributed by atoms with van der Waals surface area (Å²) in [4.78, 5) is 13.8. The zero-order chi connectivity index (χ0) is 22.8. The van der Waals surface area contributed by atoms with Crippen LogP contribution in [0, 0.1) is 58.2 Å². The molecule has 0 aromatic carbocycles. The van der Waals surface area contributed by atoms with Gasteiger partial charge in [0.2, 0.25) is 0 Å². The standard InChI is InChI=1S/C26H40N2O3S/c1-25(30)8-6-17-15(11-25)4-5-19-18(17)7-9-26(2)23(19)20-10-21(20)24(26)22(29)14-28-13-16(12-27)32(3)31/h12-13,15,17-21,23-24,27-28,30H,4-11,14H2,1-3H3/b16-13+,27-12?/t15-,17+,18-,19-,20-,21+,23-,24-,25-,26+,32?/m1/s1.